The molecule has 0 amide bonds. The number of ether oxygens (including phenoxy) is 4. The van der Waals surface area contributed by atoms with Crippen molar-refractivity contribution in [3.63, 3.8) is 0 Å². The van der Waals surface area contributed by atoms with Gasteiger partial charge in [-0.1, -0.05) is 54.6 Å². The van der Waals surface area contributed by atoms with E-state index in [1.165, 1.54) is 0 Å². The van der Waals surface area contributed by atoms with Crippen molar-refractivity contribution in [2.45, 2.75) is 17.4 Å². The molecule has 2 heterocycles. The molecule has 1 N–H and O–H groups in total. The Morgan fingerprint density at radius 1 is 0.750 bits per heavy atom. The highest BCUT2D eigenvalue weighted by atomic mass is 16.5. The summed E-state index contributed by atoms with van der Waals surface area (Å²) in [6.07, 6.45) is 0. The average molecular weight is 535 g/mol. The molecule has 0 saturated heterocycles. The Morgan fingerprint density at radius 3 is 2.02 bits per heavy atom. The van der Waals surface area contributed by atoms with Crippen LogP contribution in [0.25, 0.3) is 0 Å². The van der Waals surface area contributed by atoms with Gasteiger partial charge in [0.05, 0.1) is 26.4 Å². The van der Waals surface area contributed by atoms with E-state index in [0.717, 1.165) is 22.6 Å². The number of carbonyl (C=O) groups excluding carboxylic acids is 1. The van der Waals surface area contributed by atoms with Crippen LogP contribution in [0.1, 0.15) is 38.9 Å². The Bertz CT molecular complexity index is 1580. The lowest BCUT2D eigenvalue weighted by atomic mass is 9.59. The maximum atomic E-state index is 15.0. The minimum atomic E-state index is -1.57. The monoisotopic (exact) mass is 534 g/mol. The summed E-state index contributed by atoms with van der Waals surface area (Å²) in [4.78, 5) is 15.0. The lowest BCUT2D eigenvalue weighted by molar-refractivity contribution is -0.121. The Morgan fingerprint density at radius 2 is 1.35 bits per heavy atom. The average Bonchev–Trinajstić information content (AvgIpc) is 3.25. The zero-order valence-electron chi connectivity index (χ0n) is 22.4. The largest absolute Gasteiger partial charge is 0.497 e. The van der Waals surface area contributed by atoms with Crippen LogP contribution < -0.4 is 18.9 Å². The molecular weight excluding hydrogens is 504 g/mol. The van der Waals surface area contributed by atoms with Gasteiger partial charge in [-0.25, -0.2) is 0 Å². The molecular formula is C34H30O6. The van der Waals surface area contributed by atoms with Crippen molar-refractivity contribution < 1.29 is 28.8 Å². The van der Waals surface area contributed by atoms with Gasteiger partial charge in [-0.15, -0.1) is 0 Å². The number of hydrogen-bond donors (Lipinski definition) is 1. The molecule has 0 radical (unpaired) electrons. The Labute approximate surface area is 233 Å². The summed E-state index contributed by atoms with van der Waals surface area (Å²) in [5.74, 6) is 1.35. The van der Waals surface area contributed by atoms with Crippen molar-refractivity contribution in [3.8, 4) is 23.0 Å². The predicted octanol–water partition coefficient (Wildman–Crippen LogP) is 5.74. The molecule has 0 unspecified atom stereocenters. The third-order valence-corrected chi connectivity index (χ3v) is 9.22. The molecule has 1 fully saturated rings. The second-order valence-corrected chi connectivity index (χ2v) is 10.8. The predicted molar refractivity (Wildman–Crippen MR) is 149 cm³/mol. The molecule has 1 aliphatic carbocycles. The van der Waals surface area contributed by atoms with E-state index in [4.69, 9.17) is 18.9 Å². The topological polar surface area (TPSA) is 74.2 Å². The van der Waals surface area contributed by atoms with Crippen molar-refractivity contribution in [3.05, 3.63) is 119 Å². The minimum absolute atomic E-state index is 0.0352. The van der Waals surface area contributed by atoms with Crippen LogP contribution in [0.5, 0.6) is 23.0 Å². The molecule has 5 atom stereocenters. The van der Waals surface area contributed by atoms with E-state index in [9.17, 15) is 9.90 Å². The third kappa shape index (κ3) is 3.23. The molecule has 6 heteroatoms. The van der Waals surface area contributed by atoms with Gasteiger partial charge in [0.25, 0.3) is 0 Å². The maximum absolute atomic E-state index is 15.0. The number of para-hydroxylation sites is 2. The summed E-state index contributed by atoms with van der Waals surface area (Å²) < 4.78 is 23.6. The van der Waals surface area contributed by atoms with Crippen molar-refractivity contribution in [1.82, 2.24) is 0 Å². The number of benzene rings is 4. The van der Waals surface area contributed by atoms with Gasteiger partial charge in [0.1, 0.15) is 40.6 Å². The van der Waals surface area contributed by atoms with E-state index >= 15 is 0 Å². The molecule has 2 aliphatic heterocycles. The highest BCUT2D eigenvalue weighted by Gasteiger charge is 2.75. The van der Waals surface area contributed by atoms with E-state index in [1.54, 1.807) is 20.3 Å². The van der Waals surface area contributed by atoms with Gasteiger partial charge >= 0.3 is 0 Å². The van der Waals surface area contributed by atoms with Crippen LogP contribution >= 0.6 is 0 Å². The Hall–Kier alpha value is -4.29. The van der Waals surface area contributed by atoms with E-state index in [2.05, 4.69) is 0 Å². The van der Waals surface area contributed by atoms with Crippen molar-refractivity contribution >= 4 is 5.78 Å². The molecule has 6 nitrogen and oxygen atoms in total. The van der Waals surface area contributed by atoms with Crippen LogP contribution in [-0.4, -0.2) is 38.3 Å². The molecule has 4 aromatic rings. The summed E-state index contributed by atoms with van der Waals surface area (Å²) in [5, 5.41) is 13.3. The first-order valence-corrected chi connectivity index (χ1v) is 13.5. The van der Waals surface area contributed by atoms with Gasteiger partial charge < -0.3 is 24.1 Å². The number of aliphatic hydroxyl groups is 1. The van der Waals surface area contributed by atoms with Gasteiger partial charge in [0, 0.05) is 23.3 Å². The molecule has 202 valence electrons. The van der Waals surface area contributed by atoms with E-state index in [1.807, 2.05) is 91.0 Å². The van der Waals surface area contributed by atoms with Crippen molar-refractivity contribution in [1.29, 1.82) is 0 Å². The number of methoxy groups -OCH3 is 2. The second-order valence-electron chi connectivity index (χ2n) is 10.8. The number of fused-ring (bicyclic) bond motifs is 5. The maximum Gasteiger partial charge on any atom is 0.180 e. The lowest BCUT2D eigenvalue weighted by Crippen LogP contribution is -2.59. The van der Waals surface area contributed by atoms with Crippen LogP contribution in [-0.2, 0) is 5.60 Å². The molecule has 1 saturated carbocycles. The van der Waals surface area contributed by atoms with Crippen LogP contribution in [0.3, 0.4) is 0 Å². The van der Waals surface area contributed by atoms with Crippen LogP contribution in [0.2, 0.25) is 0 Å². The van der Waals surface area contributed by atoms with Crippen molar-refractivity contribution in [2.75, 3.05) is 27.4 Å². The number of carbonyl (C=O) groups is 1. The first kappa shape index (κ1) is 24.7. The van der Waals surface area contributed by atoms with Crippen LogP contribution in [0.15, 0.2) is 97.1 Å². The summed E-state index contributed by atoms with van der Waals surface area (Å²) in [5.41, 5.74) is 0.137. The highest BCUT2D eigenvalue weighted by molar-refractivity contribution is 6.06. The molecule has 0 bridgehead atoms. The zero-order chi connectivity index (χ0) is 27.5. The lowest BCUT2D eigenvalue weighted by Gasteiger charge is -2.49. The summed E-state index contributed by atoms with van der Waals surface area (Å²) in [6.45, 7) is 0.293. The number of ketones is 1. The second kappa shape index (κ2) is 9.14. The quantitative estimate of drug-likeness (QED) is 0.360. The van der Waals surface area contributed by atoms with Gasteiger partial charge in [0.15, 0.2) is 5.78 Å². The van der Waals surface area contributed by atoms with Crippen LogP contribution in [0, 0.1) is 11.3 Å². The first-order valence-electron chi connectivity index (χ1n) is 13.5. The SMILES string of the molecule is COc1ccc([C@@H]2[C@@H](c3ccc(OC)cc3)[C@@]3(COc4ccccc4C3=O)[C@@]3(O)c4ccccc4OC[C@@H]23)cc1. The van der Waals surface area contributed by atoms with E-state index < -0.39 is 22.9 Å². The Kier molecular flexibility index (Phi) is 5.65. The molecule has 4 aromatic carbocycles. The molecule has 0 aromatic heterocycles. The fourth-order valence-electron chi connectivity index (χ4n) is 7.46. The standard InChI is InChI=1S/C34H30O6/c1-37-23-15-11-21(12-16-23)30-27-19-39-29-10-6-4-8-26(29)34(27,36)33(31(30)22-13-17-24(38-2)18-14-22)20-40-28-9-5-3-7-25(28)32(33)35/h3-18,27,30-31,36H,19-20H2,1-2H3/t27-,30-,31+,33+,34+/m0/s1. The third-order valence-electron chi connectivity index (χ3n) is 9.22. The summed E-state index contributed by atoms with van der Waals surface area (Å²) in [6, 6.07) is 30.6. The first-order chi connectivity index (χ1) is 19.5. The van der Waals surface area contributed by atoms with Gasteiger partial charge in [-0.3, -0.25) is 4.79 Å². The van der Waals surface area contributed by atoms with Crippen molar-refractivity contribution in [2.24, 2.45) is 11.3 Å². The zero-order valence-corrected chi connectivity index (χ0v) is 22.4. The minimum Gasteiger partial charge on any atom is -0.497 e. The smallest absolute Gasteiger partial charge is 0.180 e. The normalized spacial score (nSPS) is 28.1. The summed E-state index contributed by atoms with van der Waals surface area (Å²) in [7, 11) is 3.27. The van der Waals surface area contributed by atoms with E-state index in [-0.39, 0.29) is 24.9 Å². The summed E-state index contributed by atoms with van der Waals surface area (Å²) >= 11 is 0. The molecule has 40 heavy (non-hydrogen) atoms. The van der Waals surface area contributed by atoms with Crippen LogP contribution in [0.4, 0.5) is 0 Å². The number of rotatable bonds is 4. The number of Topliss-reactive ketones (excluding diaryl/α,β-unsaturated/α-hetero) is 1. The fourth-order valence-corrected chi connectivity index (χ4v) is 7.46. The van der Waals surface area contributed by atoms with Gasteiger partial charge in [-0.05, 0) is 53.6 Å². The van der Waals surface area contributed by atoms with Gasteiger partial charge in [-0.2, -0.15) is 0 Å². The van der Waals surface area contributed by atoms with E-state index in [0.29, 0.717) is 22.6 Å². The highest BCUT2D eigenvalue weighted by Crippen LogP contribution is 2.71. The van der Waals surface area contributed by atoms with Gasteiger partial charge in [0.2, 0.25) is 0 Å². The fraction of sp³-hybridized carbons (Fsp3) is 0.265. The molecule has 3 aliphatic rings. The molecule has 7 rings (SSSR count). The number of hydrogen-bond acceptors (Lipinski definition) is 6. The Balaban J connectivity index is 1.54. The molecule has 1 spiro atoms.